The van der Waals surface area contributed by atoms with Crippen molar-refractivity contribution in [1.82, 2.24) is 5.32 Å². The van der Waals surface area contributed by atoms with Gasteiger partial charge < -0.3 is 14.8 Å². The Morgan fingerprint density at radius 1 is 1.05 bits per heavy atom. The van der Waals surface area contributed by atoms with Crippen molar-refractivity contribution in [2.75, 3.05) is 27.3 Å². The van der Waals surface area contributed by atoms with Crippen molar-refractivity contribution in [3.8, 4) is 5.75 Å². The molecule has 1 fully saturated rings. The minimum atomic E-state index is -2.74. The topological polar surface area (TPSA) is 30.5 Å². The third-order valence-corrected chi connectivity index (χ3v) is 2.42. The molecule has 1 saturated heterocycles. The lowest BCUT2D eigenvalue weighted by Crippen LogP contribution is -2.21. The van der Waals surface area contributed by atoms with Gasteiger partial charge in [-0.25, -0.2) is 0 Å². The molecule has 0 amide bonds. The van der Waals surface area contributed by atoms with Gasteiger partial charge in [0.1, 0.15) is 5.75 Å². The molecule has 1 aromatic carbocycles. The SMILES string of the molecule is C1CCNCC1.CC.COC.Cc1cccc(OC(F)F)c1. The molecule has 1 heterocycles. The Morgan fingerprint density at radius 2 is 1.59 bits per heavy atom. The van der Waals surface area contributed by atoms with Crippen LogP contribution in [0.1, 0.15) is 38.7 Å². The Kier molecular flexibility index (Phi) is 18.7. The van der Waals surface area contributed by atoms with Crippen LogP contribution in [0.15, 0.2) is 24.3 Å². The van der Waals surface area contributed by atoms with Crippen LogP contribution in [0.3, 0.4) is 0 Å². The largest absolute Gasteiger partial charge is 0.435 e. The number of hydrogen-bond acceptors (Lipinski definition) is 3. The molecule has 0 radical (unpaired) electrons. The number of benzene rings is 1. The highest BCUT2D eigenvalue weighted by atomic mass is 19.3. The molecule has 0 unspecified atom stereocenters. The summed E-state index contributed by atoms with van der Waals surface area (Å²) < 4.78 is 31.7. The normalized spacial score (nSPS) is 12.7. The molecule has 3 nitrogen and oxygen atoms in total. The summed E-state index contributed by atoms with van der Waals surface area (Å²) in [5, 5.41) is 3.28. The lowest BCUT2D eigenvalue weighted by atomic mass is 10.2. The standard InChI is InChI=1S/C8H8F2O.C5H11N.C2H6O.C2H6/c1-6-3-2-4-7(5-6)11-8(9)10;1-2-4-6-5-3-1;1-3-2;1-2/h2-5,8H,1H3;6H,1-5H2;1-2H3;1-2H3. The predicted octanol–water partition coefficient (Wildman–Crippen LogP) is 4.65. The van der Waals surface area contributed by atoms with Crippen LogP contribution in [-0.4, -0.2) is 33.9 Å². The monoisotopic (exact) mass is 319 g/mol. The third kappa shape index (κ3) is 16.9. The number of rotatable bonds is 2. The second-order valence-electron chi connectivity index (χ2n) is 4.41. The van der Waals surface area contributed by atoms with Crippen LogP contribution in [0.4, 0.5) is 8.78 Å². The van der Waals surface area contributed by atoms with Crippen molar-refractivity contribution in [2.45, 2.75) is 46.6 Å². The summed E-state index contributed by atoms with van der Waals surface area (Å²) in [6.07, 6.45) is 4.22. The molecule has 2 rings (SSSR count). The molecule has 22 heavy (non-hydrogen) atoms. The Hall–Kier alpha value is -1.20. The molecule has 130 valence electrons. The van der Waals surface area contributed by atoms with E-state index in [1.807, 2.05) is 26.8 Å². The number of aryl methyl sites for hydroxylation is 1. The highest BCUT2D eigenvalue weighted by Gasteiger charge is 2.02. The summed E-state index contributed by atoms with van der Waals surface area (Å²) in [7, 11) is 3.25. The zero-order chi connectivity index (χ0) is 17.2. The van der Waals surface area contributed by atoms with E-state index in [0.29, 0.717) is 0 Å². The summed E-state index contributed by atoms with van der Waals surface area (Å²) in [6.45, 7) is 5.58. The van der Waals surface area contributed by atoms with Crippen LogP contribution in [0.5, 0.6) is 5.75 Å². The fourth-order valence-electron chi connectivity index (χ4n) is 1.59. The molecule has 1 aromatic rings. The van der Waals surface area contributed by atoms with Gasteiger partial charge in [-0.05, 0) is 50.6 Å². The van der Waals surface area contributed by atoms with E-state index < -0.39 is 6.61 Å². The number of hydrogen-bond donors (Lipinski definition) is 1. The molecular formula is C17H31F2NO2. The van der Waals surface area contributed by atoms with Crippen molar-refractivity contribution >= 4 is 0 Å². The molecule has 1 N–H and O–H groups in total. The Morgan fingerprint density at radius 3 is 1.91 bits per heavy atom. The zero-order valence-electron chi connectivity index (χ0n) is 14.5. The summed E-state index contributed by atoms with van der Waals surface area (Å²) in [5.41, 5.74) is 0.906. The first-order valence-electron chi connectivity index (χ1n) is 7.72. The van der Waals surface area contributed by atoms with Crippen LogP contribution in [0.2, 0.25) is 0 Å². The van der Waals surface area contributed by atoms with Gasteiger partial charge in [0.05, 0.1) is 0 Å². The third-order valence-electron chi connectivity index (χ3n) is 2.42. The smallest absolute Gasteiger partial charge is 0.387 e. The highest BCUT2D eigenvalue weighted by Crippen LogP contribution is 2.14. The Bertz CT molecular complexity index is 321. The first-order chi connectivity index (χ1) is 10.6. The lowest BCUT2D eigenvalue weighted by molar-refractivity contribution is -0.0498. The molecule has 0 aliphatic carbocycles. The fourth-order valence-corrected chi connectivity index (χ4v) is 1.59. The van der Waals surface area contributed by atoms with Gasteiger partial charge in [0.2, 0.25) is 0 Å². The zero-order valence-corrected chi connectivity index (χ0v) is 14.5. The van der Waals surface area contributed by atoms with Crippen molar-refractivity contribution in [1.29, 1.82) is 0 Å². The molecule has 0 spiro atoms. The number of piperidine rings is 1. The quantitative estimate of drug-likeness (QED) is 0.861. The second kappa shape index (κ2) is 17.9. The highest BCUT2D eigenvalue weighted by molar-refractivity contribution is 5.27. The van der Waals surface area contributed by atoms with Gasteiger partial charge in [0.25, 0.3) is 0 Å². The number of ether oxygens (including phenoxy) is 2. The van der Waals surface area contributed by atoms with E-state index in [2.05, 4.69) is 14.8 Å². The van der Waals surface area contributed by atoms with E-state index in [1.54, 1.807) is 26.4 Å². The van der Waals surface area contributed by atoms with Crippen LogP contribution in [0, 0.1) is 6.92 Å². The summed E-state index contributed by atoms with van der Waals surface area (Å²) >= 11 is 0. The van der Waals surface area contributed by atoms with Crippen molar-refractivity contribution in [3.63, 3.8) is 0 Å². The maximum atomic E-state index is 11.6. The summed E-state index contributed by atoms with van der Waals surface area (Å²) in [5.74, 6) is 0.208. The maximum absolute atomic E-state index is 11.6. The van der Waals surface area contributed by atoms with Crippen molar-refractivity contribution in [2.24, 2.45) is 0 Å². The Labute approximate surface area is 134 Å². The van der Waals surface area contributed by atoms with Crippen LogP contribution in [0.25, 0.3) is 0 Å². The molecule has 5 heteroatoms. The van der Waals surface area contributed by atoms with Crippen LogP contribution in [-0.2, 0) is 4.74 Å². The van der Waals surface area contributed by atoms with Gasteiger partial charge in [0.15, 0.2) is 0 Å². The molecule has 0 saturated carbocycles. The van der Waals surface area contributed by atoms with Gasteiger partial charge in [0, 0.05) is 14.2 Å². The number of nitrogens with one attached hydrogen (secondary N) is 1. The maximum Gasteiger partial charge on any atom is 0.387 e. The molecule has 0 atom stereocenters. The van der Waals surface area contributed by atoms with Gasteiger partial charge in [-0.1, -0.05) is 32.4 Å². The van der Waals surface area contributed by atoms with Gasteiger partial charge >= 0.3 is 6.61 Å². The molecule has 0 aromatic heterocycles. The summed E-state index contributed by atoms with van der Waals surface area (Å²) in [4.78, 5) is 0. The number of methoxy groups -OCH3 is 1. The van der Waals surface area contributed by atoms with Crippen molar-refractivity contribution < 1.29 is 18.3 Å². The lowest BCUT2D eigenvalue weighted by Gasteiger charge is -2.08. The molecular weight excluding hydrogens is 288 g/mol. The van der Waals surface area contributed by atoms with E-state index in [1.165, 1.54) is 38.4 Å². The van der Waals surface area contributed by atoms with Gasteiger partial charge in [-0.2, -0.15) is 8.78 Å². The van der Waals surface area contributed by atoms with Gasteiger partial charge in [-0.3, -0.25) is 0 Å². The summed E-state index contributed by atoms with van der Waals surface area (Å²) in [6, 6.07) is 6.55. The van der Waals surface area contributed by atoms with Crippen LogP contribution >= 0.6 is 0 Å². The number of alkyl halides is 2. The fraction of sp³-hybridized carbons (Fsp3) is 0.647. The van der Waals surface area contributed by atoms with E-state index in [0.717, 1.165) is 5.56 Å². The van der Waals surface area contributed by atoms with Gasteiger partial charge in [-0.15, -0.1) is 0 Å². The predicted molar refractivity (Wildman–Crippen MR) is 88.8 cm³/mol. The van der Waals surface area contributed by atoms with Crippen molar-refractivity contribution in [3.05, 3.63) is 29.8 Å². The first-order valence-corrected chi connectivity index (χ1v) is 7.72. The van der Waals surface area contributed by atoms with E-state index in [9.17, 15) is 8.78 Å². The number of halogens is 2. The van der Waals surface area contributed by atoms with E-state index >= 15 is 0 Å². The average molecular weight is 319 g/mol. The van der Waals surface area contributed by atoms with E-state index in [4.69, 9.17) is 0 Å². The average Bonchev–Trinajstić information content (AvgIpc) is 2.52. The molecule has 1 aliphatic heterocycles. The minimum absolute atomic E-state index is 0.208. The minimum Gasteiger partial charge on any atom is -0.435 e. The first kappa shape index (κ1) is 23.1. The molecule has 1 aliphatic rings. The molecule has 0 bridgehead atoms. The van der Waals surface area contributed by atoms with E-state index in [-0.39, 0.29) is 5.75 Å². The second-order valence-corrected chi connectivity index (χ2v) is 4.41. The van der Waals surface area contributed by atoms with Crippen LogP contribution < -0.4 is 10.1 Å². The Balaban J connectivity index is 0.